The molecule has 1 aromatic heterocycles. The molecule has 10 heteroatoms. The summed E-state index contributed by atoms with van der Waals surface area (Å²) in [4.78, 5) is 41.3. The van der Waals surface area contributed by atoms with E-state index < -0.39 is 16.4 Å². The average molecular weight is 405 g/mol. The normalized spacial score (nSPS) is 10.4. The van der Waals surface area contributed by atoms with Crippen LogP contribution in [0.15, 0.2) is 53.5 Å². The number of benzene rings is 2. The SMILES string of the molecule is O=C(Nc1ccc([N+](=O)[O-])cc1Cl)c1cnc(-c2ccc(Cl)cc2)[nH]c1=O. The van der Waals surface area contributed by atoms with Crippen molar-refractivity contribution in [3.63, 3.8) is 0 Å². The molecule has 27 heavy (non-hydrogen) atoms. The third-order valence-electron chi connectivity index (χ3n) is 3.57. The smallest absolute Gasteiger partial charge is 0.271 e. The number of nitro groups is 1. The summed E-state index contributed by atoms with van der Waals surface area (Å²) in [5.74, 6) is -0.469. The van der Waals surface area contributed by atoms with Gasteiger partial charge >= 0.3 is 0 Å². The Morgan fingerprint density at radius 2 is 1.85 bits per heavy atom. The van der Waals surface area contributed by atoms with Crippen LogP contribution in [0.1, 0.15) is 10.4 Å². The highest BCUT2D eigenvalue weighted by Crippen LogP contribution is 2.27. The Morgan fingerprint density at radius 1 is 1.15 bits per heavy atom. The van der Waals surface area contributed by atoms with E-state index in [1.54, 1.807) is 24.3 Å². The van der Waals surface area contributed by atoms with Crippen molar-refractivity contribution >= 4 is 40.5 Å². The molecule has 0 fully saturated rings. The molecule has 0 unspecified atom stereocenters. The van der Waals surface area contributed by atoms with Gasteiger partial charge in [-0.05, 0) is 30.3 Å². The highest BCUT2D eigenvalue weighted by atomic mass is 35.5. The third kappa shape index (κ3) is 4.13. The quantitative estimate of drug-likeness (QED) is 0.504. The van der Waals surface area contributed by atoms with Gasteiger partial charge in [-0.15, -0.1) is 0 Å². The number of nitrogens with one attached hydrogen (secondary N) is 2. The number of H-pyrrole nitrogens is 1. The molecule has 3 rings (SSSR count). The summed E-state index contributed by atoms with van der Waals surface area (Å²) in [6, 6.07) is 10.2. The maximum atomic E-state index is 12.3. The predicted molar refractivity (Wildman–Crippen MR) is 101 cm³/mol. The topological polar surface area (TPSA) is 118 Å². The first-order chi connectivity index (χ1) is 12.8. The molecule has 2 N–H and O–H groups in total. The van der Waals surface area contributed by atoms with Gasteiger partial charge in [0.05, 0.1) is 15.6 Å². The van der Waals surface area contributed by atoms with Crippen LogP contribution in [0.2, 0.25) is 10.0 Å². The molecule has 0 atom stereocenters. The number of carbonyl (C=O) groups is 1. The second-order valence-corrected chi connectivity index (χ2v) is 6.20. The first-order valence-electron chi connectivity index (χ1n) is 7.45. The zero-order valence-corrected chi connectivity index (χ0v) is 14.9. The number of halogens is 2. The maximum Gasteiger partial charge on any atom is 0.271 e. The third-order valence-corrected chi connectivity index (χ3v) is 4.14. The number of anilines is 1. The van der Waals surface area contributed by atoms with Crippen molar-refractivity contribution in [1.82, 2.24) is 9.97 Å². The summed E-state index contributed by atoms with van der Waals surface area (Å²) in [7, 11) is 0. The Kier molecular flexibility index (Phi) is 5.20. The predicted octanol–water partition coefficient (Wildman–Crippen LogP) is 3.90. The number of aromatic amines is 1. The van der Waals surface area contributed by atoms with E-state index in [-0.39, 0.29) is 27.8 Å². The number of aromatic nitrogens is 2. The van der Waals surface area contributed by atoms with Gasteiger partial charge in [0.1, 0.15) is 11.4 Å². The van der Waals surface area contributed by atoms with Gasteiger partial charge in [0.25, 0.3) is 17.2 Å². The van der Waals surface area contributed by atoms with Crippen molar-refractivity contribution in [2.24, 2.45) is 0 Å². The molecule has 1 amide bonds. The van der Waals surface area contributed by atoms with Crippen molar-refractivity contribution < 1.29 is 9.72 Å². The molecule has 136 valence electrons. The van der Waals surface area contributed by atoms with Crippen LogP contribution in [-0.2, 0) is 0 Å². The van der Waals surface area contributed by atoms with Crippen LogP contribution in [0.3, 0.4) is 0 Å². The maximum absolute atomic E-state index is 12.3. The molecule has 2 aromatic carbocycles. The minimum absolute atomic E-state index is 0.0280. The standard InChI is InChI=1S/C17H10Cl2N4O4/c18-10-3-1-9(2-4-10)15-20-8-12(17(25)22-15)16(24)21-14-6-5-11(23(26)27)7-13(14)19/h1-8H,(H,21,24)(H,20,22,25). The molecule has 1 heterocycles. The van der Waals surface area contributed by atoms with Crippen LogP contribution in [0.4, 0.5) is 11.4 Å². The van der Waals surface area contributed by atoms with Crippen molar-refractivity contribution in [3.05, 3.63) is 84.7 Å². The molecule has 0 saturated heterocycles. The second kappa shape index (κ2) is 7.56. The first kappa shape index (κ1) is 18.6. The lowest BCUT2D eigenvalue weighted by Crippen LogP contribution is -2.24. The van der Waals surface area contributed by atoms with E-state index in [4.69, 9.17) is 23.2 Å². The van der Waals surface area contributed by atoms with Crippen LogP contribution in [0.5, 0.6) is 0 Å². The number of non-ortho nitro benzene ring substituents is 1. The fourth-order valence-corrected chi connectivity index (χ4v) is 2.57. The largest absolute Gasteiger partial charge is 0.320 e. The molecule has 3 aromatic rings. The van der Waals surface area contributed by atoms with Crippen LogP contribution < -0.4 is 10.9 Å². The van der Waals surface area contributed by atoms with E-state index in [2.05, 4.69) is 15.3 Å². The van der Waals surface area contributed by atoms with Crippen LogP contribution in [0.25, 0.3) is 11.4 Å². The van der Waals surface area contributed by atoms with E-state index >= 15 is 0 Å². The van der Waals surface area contributed by atoms with Crippen LogP contribution >= 0.6 is 23.2 Å². The number of nitrogens with zero attached hydrogens (tertiary/aromatic N) is 2. The van der Waals surface area contributed by atoms with Crippen molar-refractivity contribution in [1.29, 1.82) is 0 Å². The summed E-state index contributed by atoms with van der Waals surface area (Å²) < 4.78 is 0. The van der Waals surface area contributed by atoms with Crippen LogP contribution in [0, 0.1) is 10.1 Å². The molecule has 0 radical (unpaired) electrons. The number of hydrogen-bond acceptors (Lipinski definition) is 5. The van der Waals surface area contributed by atoms with Gasteiger partial charge in [-0.2, -0.15) is 0 Å². The molecule has 0 aliphatic carbocycles. The van der Waals surface area contributed by atoms with Gasteiger partial charge in [0, 0.05) is 28.9 Å². The Labute approximate surface area is 161 Å². The summed E-state index contributed by atoms with van der Waals surface area (Å²) in [5, 5.41) is 13.7. The monoisotopic (exact) mass is 404 g/mol. The summed E-state index contributed by atoms with van der Waals surface area (Å²) >= 11 is 11.8. The van der Waals surface area contributed by atoms with Gasteiger partial charge in [0.15, 0.2) is 0 Å². The fraction of sp³-hybridized carbons (Fsp3) is 0. The molecule has 0 aliphatic heterocycles. The summed E-state index contributed by atoms with van der Waals surface area (Å²) in [6.07, 6.45) is 1.14. The van der Waals surface area contributed by atoms with Gasteiger partial charge < -0.3 is 10.3 Å². The summed E-state index contributed by atoms with van der Waals surface area (Å²) in [6.45, 7) is 0. The molecular weight excluding hydrogens is 395 g/mol. The lowest BCUT2D eigenvalue weighted by atomic mass is 10.2. The average Bonchev–Trinajstić information content (AvgIpc) is 2.63. The molecule has 0 saturated carbocycles. The van der Waals surface area contributed by atoms with Gasteiger partial charge in [-0.1, -0.05) is 23.2 Å². The van der Waals surface area contributed by atoms with Gasteiger partial charge in [0.2, 0.25) is 0 Å². The fourth-order valence-electron chi connectivity index (χ4n) is 2.22. The second-order valence-electron chi connectivity index (χ2n) is 5.36. The molecule has 0 bridgehead atoms. The zero-order chi connectivity index (χ0) is 19.6. The molecular formula is C17H10Cl2N4O4. The Morgan fingerprint density at radius 3 is 2.44 bits per heavy atom. The van der Waals surface area contributed by atoms with Crippen molar-refractivity contribution in [2.45, 2.75) is 0 Å². The van der Waals surface area contributed by atoms with E-state index in [1.807, 2.05) is 0 Å². The highest BCUT2D eigenvalue weighted by molar-refractivity contribution is 6.34. The van der Waals surface area contributed by atoms with E-state index in [0.29, 0.717) is 10.6 Å². The zero-order valence-electron chi connectivity index (χ0n) is 13.4. The number of amides is 1. The van der Waals surface area contributed by atoms with Crippen LogP contribution in [-0.4, -0.2) is 20.8 Å². The number of carbonyl (C=O) groups excluding carboxylic acids is 1. The van der Waals surface area contributed by atoms with E-state index in [1.165, 1.54) is 12.1 Å². The lowest BCUT2D eigenvalue weighted by molar-refractivity contribution is -0.384. The van der Waals surface area contributed by atoms with Crippen molar-refractivity contribution in [2.75, 3.05) is 5.32 Å². The molecule has 0 spiro atoms. The molecule has 0 aliphatic rings. The van der Waals surface area contributed by atoms with E-state index in [9.17, 15) is 19.7 Å². The minimum Gasteiger partial charge on any atom is -0.320 e. The highest BCUT2D eigenvalue weighted by Gasteiger charge is 2.16. The number of rotatable bonds is 4. The lowest BCUT2D eigenvalue weighted by Gasteiger charge is -2.07. The van der Waals surface area contributed by atoms with E-state index in [0.717, 1.165) is 12.3 Å². The number of nitro benzene ring substituents is 1. The Hall–Kier alpha value is -3.23. The minimum atomic E-state index is -0.748. The first-order valence-corrected chi connectivity index (χ1v) is 8.21. The molecule has 8 nitrogen and oxygen atoms in total. The Balaban J connectivity index is 1.84. The summed E-state index contributed by atoms with van der Waals surface area (Å²) in [5.41, 5.74) is -0.340. The van der Waals surface area contributed by atoms with Gasteiger partial charge in [-0.3, -0.25) is 19.7 Å². The van der Waals surface area contributed by atoms with Gasteiger partial charge in [-0.25, -0.2) is 4.98 Å². The Bertz CT molecular complexity index is 1100. The number of hydrogen-bond donors (Lipinski definition) is 2. The van der Waals surface area contributed by atoms with Crippen molar-refractivity contribution in [3.8, 4) is 11.4 Å².